The molecule has 0 aliphatic rings. The number of nitrogens with zero attached hydrogens (tertiary/aromatic N) is 1. The lowest BCUT2D eigenvalue weighted by Gasteiger charge is -1.95. The third-order valence-electron chi connectivity index (χ3n) is 1.79. The van der Waals surface area contributed by atoms with Gasteiger partial charge in [-0.2, -0.15) is 0 Å². The summed E-state index contributed by atoms with van der Waals surface area (Å²) >= 11 is 0. The van der Waals surface area contributed by atoms with Gasteiger partial charge in [0.25, 0.3) is 0 Å². The zero-order chi connectivity index (χ0) is 10.8. The first kappa shape index (κ1) is 12.8. The third-order valence-corrected chi connectivity index (χ3v) is 1.79. The summed E-state index contributed by atoms with van der Waals surface area (Å²) in [6, 6.07) is 0. The second-order valence-corrected chi connectivity index (χ2v) is 3.12. The molecule has 0 bridgehead atoms. The number of Topliss-reactive ketones (excluding diaryl/α,β-unsaturated/α-hetero) is 1. The van der Waals surface area contributed by atoms with Gasteiger partial charge in [-0.25, -0.2) is 0 Å². The summed E-state index contributed by atoms with van der Waals surface area (Å²) in [6.07, 6.45) is 6.94. The molecule has 0 saturated heterocycles. The number of allylic oxidation sites excluding steroid dienone is 2. The fourth-order valence-corrected chi connectivity index (χ4v) is 1.06. The van der Waals surface area contributed by atoms with Gasteiger partial charge in [-0.05, 0) is 12.8 Å². The van der Waals surface area contributed by atoms with Gasteiger partial charge in [0.2, 0.25) is 6.54 Å². The average Bonchev–Trinajstić information content (AvgIpc) is 2.12. The van der Waals surface area contributed by atoms with Crippen molar-refractivity contribution in [3.63, 3.8) is 0 Å². The average molecular weight is 199 g/mol. The number of nitro groups is 1. The largest absolute Gasteiger partial charge is 0.300 e. The van der Waals surface area contributed by atoms with Crippen LogP contribution in [0.3, 0.4) is 0 Å². The van der Waals surface area contributed by atoms with Crippen molar-refractivity contribution in [2.45, 2.75) is 39.0 Å². The molecule has 0 aromatic carbocycles. The van der Waals surface area contributed by atoms with Gasteiger partial charge in [0.05, 0.1) is 0 Å². The van der Waals surface area contributed by atoms with E-state index in [4.69, 9.17) is 0 Å². The molecule has 0 fully saturated rings. The predicted octanol–water partition coefficient (Wildman–Crippen LogP) is 2.36. The van der Waals surface area contributed by atoms with E-state index < -0.39 is 0 Å². The maximum atomic E-state index is 11.1. The lowest BCUT2D eigenvalue weighted by molar-refractivity contribution is -0.480. The first-order valence-electron chi connectivity index (χ1n) is 4.95. The lowest BCUT2D eigenvalue weighted by Crippen LogP contribution is -2.04. The minimum Gasteiger partial charge on any atom is -0.300 e. The van der Waals surface area contributed by atoms with Crippen LogP contribution in [0, 0.1) is 10.1 Å². The van der Waals surface area contributed by atoms with Crippen molar-refractivity contribution >= 4 is 5.78 Å². The molecule has 0 aliphatic carbocycles. The second kappa shape index (κ2) is 8.41. The van der Waals surface area contributed by atoms with E-state index in [0.717, 1.165) is 12.8 Å². The van der Waals surface area contributed by atoms with Gasteiger partial charge in [0.1, 0.15) is 5.78 Å². The summed E-state index contributed by atoms with van der Waals surface area (Å²) in [4.78, 5) is 20.7. The van der Waals surface area contributed by atoms with Crippen molar-refractivity contribution in [1.29, 1.82) is 0 Å². The second-order valence-electron chi connectivity index (χ2n) is 3.12. The number of hydrogen-bond donors (Lipinski definition) is 0. The number of hydrogen-bond acceptors (Lipinski definition) is 3. The minimum absolute atomic E-state index is 0.101. The van der Waals surface area contributed by atoms with E-state index in [2.05, 4.69) is 0 Å². The first-order valence-corrected chi connectivity index (χ1v) is 4.95. The summed E-state index contributed by atoms with van der Waals surface area (Å²) in [5.74, 6) is 0.118. The summed E-state index contributed by atoms with van der Waals surface area (Å²) in [6.45, 7) is 1.94. The molecule has 0 atom stereocenters. The van der Waals surface area contributed by atoms with E-state index in [9.17, 15) is 14.9 Å². The molecule has 4 heteroatoms. The van der Waals surface area contributed by atoms with Gasteiger partial charge in [-0.3, -0.25) is 14.9 Å². The Morgan fingerprint density at radius 1 is 1.36 bits per heavy atom. The van der Waals surface area contributed by atoms with E-state index in [-0.39, 0.29) is 17.3 Å². The van der Waals surface area contributed by atoms with Crippen LogP contribution >= 0.6 is 0 Å². The van der Waals surface area contributed by atoms with Gasteiger partial charge < -0.3 is 0 Å². The Morgan fingerprint density at radius 2 is 2.07 bits per heavy atom. The van der Waals surface area contributed by atoms with Crippen molar-refractivity contribution in [3.05, 3.63) is 22.3 Å². The summed E-state index contributed by atoms with van der Waals surface area (Å²) in [7, 11) is 0. The summed E-state index contributed by atoms with van der Waals surface area (Å²) in [5.41, 5.74) is 0. The molecule has 0 aromatic heterocycles. The number of rotatable bonds is 8. The maximum absolute atomic E-state index is 11.1. The van der Waals surface area contributed by atoms with Crippen LogP contribution in [0.2, 0.25) is 0 Å². The van der Waals surface area contributed by atoms with Gasteiger partial charge in [0, 0.05) is 24.2 Å². The Morgan fingerprint density at radius 3 is 2.64 bits per heavy atom. The highest BCUT2D eigenvalue weighted by molar-refractivity contribution is 5.78. The Labute approximate surface area is 84.1 Å². The molecule has 0 aromatic rings. The van der Waals surface area contributed by atoms with Gasteiger partial charge in [-0.15, -0.1) is 0 Å². The van der Waals surface area contributed by atoms with Crippen molar-refractivity contribution in [1.82, 2.24) is 0 Å². The molecule has 0 rings (SSSR count). The molecule has 0 amide bonds. The van der Waals surface area contributed by atoms with Crippen LogP contribution in [0.25, 0.3) is 0 Å². The van der Waals surface area contributed by atoms with Crippen LogP contribution in [0.1, 0.15) is 39.0 Å². The highest BCUT2D eigenvalue weighted by atomic mass is 16.6. The van der Waals surface area contributed by atoms with Crippen LogP contribution < -0.4 is 0 Å². The van der Waals surface area contributed by atoms with Crippen molar-refractivity contribution in [2.75, 3.05) is 6.54 Å². The van der Waals surface area contributed by atoms with Crippen molar-refractivity contribution in [2.24, 2.45) is 0 Å². The zero-order valence-electron chi connectivity index (χ0n) is 8.57. The van der Waals surface area contributed by atoms with Crippen LogP contribution in [-0.2, 0) is 4.79 Å². The maximum Gasteiger partial charge on any atom is 0.204 e. The fourth-order valence-electron chi connectivity index (χ4n) is 1.06. The van der Waals surface area contributed by atoms with Gasteiger partial charge in [-0.1, -0.05) is 19.1 Å². The standard InChI is InChI=1S/C10H17NO3/c1-2-3-4-5-7-10(12)8-6-9-11(13)14/h3-4H,2,5-9H2,1H3/b4-3-. The normalized spacial score (nSPS) is 10.6. The van der Waals surface area contributed by atoms with Gasteiger partial charge >= 0.3 is 0 Å². The molecule has 14 heavy (non-hydrogen) atoms. The van der Waals surface area contributed by atoms with E-state index in [1.165, 1.54) is 0 Å². The van der Waals surface area contributed by atoms with E-state index >= 15 is 0 Å². The van der Waals surface area contributed by atoms with Gasteiger partial charge in [0.15, 0.2) is 0 Å². The highest BCUT2D eigenvalue weighted by Gasteiger charge is 2.03. The Kier molecular flexibility index (Phi) is 7.70. The monoisotopic (exact) mass is 199 g/mol. The zero-order valence-corrected chi connectivity index (χ0v) is 8.57. The number of ketones is 1. The molecule has 0 spiro atoms. The van der Waals surface area contributed by atoms with E-state index in [0.29, 0.717) is 19.3 Å². The highest BCUT2D eigenvalue weighted by Crippen LogP contribution is 2.00. The molecule has 0 unspecified atom stereocenters. The number of carbonyl (C=O) groups excluding carboxylic acids is 1. The third kappa shape index (κ3) is 8.90. The topological polar surface area (TPSA) is 60.2 Å². The number of carbonyl (C=O) groups is 1. The van der Waals surface area contributed by atoms with Crippen LogP contribution in [-0.4, -0.2) is 17.3 Å². The van der Waals surface area contributed by atoms with Crippen LogP contribution in [0.5, 0.6) is 0 Å². The fraction of sp³-hybridized carbons (Fsp3) is 0.700. The molecule has 4 nitrogen and oxygen atoms in total. The molecule has 80 valence electrons. The Hall–Kier alpha value is -1.19. The smallest absolute Gasteiger partial charge is 0.204 e. The molecule has 0 N–H and O–H groups in total. The van der Waals surface area contributed by atoms with Crippen LogP contribution in [0.15, 0.2) is 12.2 Å². The SMILES string of the molecule is CC/C=C\CCC(=O)CCC[N+](=O)[O-]. The lowest BCUT2D eigenvalue weighted by atomic mass is 10.1. The predicted molar refractivity (Wildman–Crippen MR) is 54.8 cm³/mol. The minimum atomic E-state index is -0.385. The van der Waals surface area contributed by atoms with Crippen molar-refractivity contribution in [3.8, 4) is 0 Å². The quantitative estimate of drug-likeness (QED) is 0.342. The van der Waals surface area contributed by atoms with E-state index in [1.807, 2.05) is 19.1 Å². The molecular formula is C10H17NO3. The molecule has 0 radical (unpaired) electrons. The molecular weight excluding hydrogens is 182 g/mol. The first-order chi connectivity index (χ1) is 6.66. The molecule has 0 heterocycles. The Balaban J connectivity index is 3.37. The van der Waals surface area contributed by atoms with Crippen LogP contribution in [0.4, 0.5) is 0 Å². The summed E-state index contributed by atoms with van der Waals surface area (Å²) in [5, 5.41) is 9.96. The summed E-state index contributed by atoms with van der Waals surface area (Å²) < 4.78 is 0. The van der Waals surface area contributed by atoms with Crippen molar-refractivity contribution < 1.29 is 9.72 Å². The van der Waals surface area contributed by atoms with E-state index in [1.54, 1.807) is 0 Å². The Bertz CT molecular complexity index is 211. The molecule has 0 saturated carbocycles. The molecule has 0 aliphatic heterocycles.